The van der Waals surface area contributed by atoms with Crippen LogP contribution in [0.25, 0.3) is 11.3 Å². The van der Waals surface area contributed by atoms with E-state index in [9.17, 15) is 9.18 Å². The van der Waals surface area contributed by atoms with Gasteiger partial charge in [-0.25, -0.2) is 14.2 Å². The third-order valence-corrected chi connectivity index (χ3v) is 3.92. The molecule has 0 saturated carbocycles. The van der Waals surface area contributed by atoms with Gasteiger partial charge in [0.1, 0.15) is 18.2 Å². The quantitative estimate of drug-likeness (QED) is 0.543. The number of alkyl carbamates (subject to hydrolysis) is 1. The fourth-order valence-corrected chi connectivity index (χ4v) is 2.59. The molecule has 1 fully saturated rings. The molecule has 1 aliphatic rings. The summed E-state index contributed by atoms with van der Waals surface area (Å²) in [5, 5.41) is 8.91. The molecule has 9 nitrogen and oxygen atoms in total. The molecule has 0 aliphatic carbocycles. The SMILES string of the molecule is N=C(N)NC(=O)OCc1cccc(-c2cnc(N3CCOCC3)cn2)c1F. The Balaban J connectivity index is 1.73. The lowest BCUT2D eigenvalue weighted by atomic mass is 10.1. The van der Waals surface area contributed by atoms with Gasteiger partial charge in [0.05, 0.1) is 31.3 Å². The zero-order valence-corrected chi connectivity index (χ0v) is 14.4. The van der Waals surface area contributed by atoms with Crippen LogP contribution < -0.4 is 16.0 Å². The van der Waals surface area contributed by atoms with Gasteiger partial charge in [0.2, 0.25) is 0 Å². The molecular formula is C17H19FN6O3. The number of hydrogen-bond acceptors (Lipinski definition) is 7. The molecule has 0 spiro atoms. The first kappa shape index (κ1) is 18.5. The van der Waals surface area contributed by atoms with Crippen molar-refractivity contribution in [2.75, 3.05) is 31.2 Å². The average Bonchev–Trinajstić information content (AvgIpc) is 2.67. The van der Waals surface area contributed by atoms with Crippen molar-refractivity contribution in [2.45, 2.75) is 6.61 Å². The molecule has 0 atom stereocenters. The molecule has 10 heteroatoms. The maximum absolute atomic E-state index is 14.8. The van der Waals surface area contributed by atoms with E-state index in [1.165, 1.54) is 12.3 Å². The molecule has 4 N–H and O–H groups in total. The largest absolute Gasteiger partial charge is 0.444 e. The van der Waals surface area contributed by atoms with Gasteiger partial charge in [-0.15, -0.1) is 0 Å². The molecule has 27 heavy (non-hydrogen) atoms. The van der Waals surface area contributed by atoms with Crippen molar-refractivity contribution < 1.29 is 18.7 Å². The number of benzene rings is 1. The zero-order chi connectivity index (χ0) is 19.2. The lowest BCUT2D eigenvalue weighted by Gasteiger charge is -2.27. The van der Waals surface area contributed by atoms with E-state index >= 15 is 0 Å². The molecule has 0 radical (unpaired) electrons. The van der Waals surface area contributed by atoms with Gasteiger partial charge in [0.25, 0.3) is 0 Å². The number of rotatable bonds is 4. The van der Waals surface area contributed by atoms with Crippen LogP contribution in [0.1, 0.15) is 5.56 Å². The van der Waals surface area contributed by atoms with Crippen molar-refractivity contribution in [2.24, 2.45) is 5.73 Å². The number of morpholine rings is 1. The van der Waals surface area contributed by atoms with Crippen LogP contribution in [-0.4, -0.2) is 48.3 Å². The van der Waals surface area contributed by atoms with E-state index in [1.807, 2.05) is 5.32 Å². The van der Waals surface area contributed by atoms with Crippen molar-refractivity contribution >= 4 is 17.9 Å². The molecule has 1 aliphatic heterocycles. The summed E-state index contributed by atoms with van der Waals surface area (Å²) in [5.41, 5.74) is 5.83. The predicted octanol–water partition coefficient (Wildman–Crippen LogP) is 1.24. The van der Waals surface area contributed by atoms with E-state index in [0.717, 1.165) is 13.1 Å². The summed E-state index contributed by atoms with van der Waals surface area (Å²) in [7, 11) is 0. The van der Waals surface area contributed by atoms with Gasteiger partial charge in [-0.1, -0.05) is 12.1 Å². The lowest BCUT2D eigenvalue weighted by Crippen LogP contribution is -2.36. The molecule has 1 aromatic carbocycles. The Kier molecular flexibility index (Phi) is 5.77. The smallest absolute Gasteiger partial charge is 0.414 e. The molecule has 0 bridgehead atoms. The Morgan fingerprint density at radius 1 is 1.33 bits per heavy atom. The highest BCUT2D eigenvalue weighted by Crippen LogP contribution is 2.24. The van der Waals surface area contributed by atoms with Crippen LogP contribution in [0.3, 0.4) is 0 Å². The number of carbonyl (C=O) groups is 1. The van der Waals surface area contributed by atoms with Gasteiger partial charge in [-0.05, 0) is 6.07 Å². The van der Waals surface area contributed by atoms with E-state index in [-0.39, 0.29) is 17.7 Å². The number of nitrogens with zero attached hydrogens (tertiary/aromatic N) is 3. The highest BCUT2D eigenvalue weighted by Gasteiger charge is 2.16. The summed E-state index contributed by atoms with van der Waals surface area (Å²) in [4.78, 5) is 22.1. The molecule has 3 rings (SSSR count). The number of nitrogens with one attached hydrogen (secondary N) is 2. The number of amides is 1. The highest BCUT2D eigenvalue weighted by atomic mass is 19.1. The predicted molar refractivity (Wildman–Crippen MR) is 95.7 cm³/mol. The second kappa shape index (κ2) is 8.41. The molecule has 2 heterocycles. The van der Waals surface area contributed by atoms with Gasteiger partial charge in [0.15, 0.2) is 5.96 Å². The van der Waals surface area contributed by atoms with Crippen LogP contribution in [0.15, 0.2) is 30.6 Å². The molecule has 1 aromatic heterocycles. The third-order valence-electron chi connectivity index (χ3n) is 3.92. The van der Waals surface area contributed by atoms with Crippen LogP contribution in [0.4, 0.5) is 15.0 Å². The molecule has 1 saturated heterocycles. The minimum absolute atomic E-state index is 0.172. The minimum Gasteiger partial charge on any atom is -0.444 e. The third kappa shape index (κ3) is 4.67. The van der Waals surface area contributed by atoms with E-state index in [4.69, 9.17) is 20.6 Å². The number of hydrogen-bond donors (Lipinski definition) is 3. The number of guanidine groups is 1. The normalized spacial score (nSPS) is 13.9. The first-order valence-electron chi connectivity index (χ1n) is 8.25. The number of carbonyl (C=O) groups excluding carboxylic acids is 1. The molecule has 142 valence electrons. The summed E-state index contributed by atoms with van der Waals surface area (Å²) in [6.07, 6.45) is 2.18. The lowest BCUT2D eigenvalue weighted by molar-refractivity contribution is 0.122. The van der Waals surface area contributed by atoms with Crippen LogP contribution in [0.2, 0.25) is 0 Å². The monoisotopic (exact) mass is 374 g/mol. The highest BCUT2D eigenvalue weighted by molar-refractivity contribution is 5.90. The standard InChI is InChI=1S/C17H19FN6O3/c18-15-11(10-27-17(25)23-16(19)20)2-1-3-12(15)13-8-22-14(9-21-13)24-4-6-26-7-5-24/h1-3,8-9H,4-7,10H2,(H4,19,20,23,25). The molecular weight excluding hydrogens is 355 g/mol. The number of nitrogens with two attached hydrogens (primary N) is 1. The Morgan fingerprint density at radius 3 is 2.78 bits per heavy atom. The van der Waals surface area contributed by atoms with Crippen molar-refractivity contribution in [1.82, 2.24) is 15.3 Å². The summed E-state index contributed by atoms with van der Waals surface area (Å²) < 4.78 is 24.9. The topological polar surface area (TPSA) is 126 Å². The van der Waals surface area contributed by atoms with Crippen LogP contribution in [0, 0.1) is 11.2 Å². The van der Waals surface area contributed by atoms with Gasteiger partial charge in [0, 0.05) is 24.2 Å². The molecule has 0 unspecified atom stereocenters. The van der Waals surface area contributed by atoms with Gasteiger partial charge >= 0.3 is 6.09 Å². The molecule has 2 aromatic rings. The van der Waals surface area contributed by atoms with Crippen molar-refractivity contribution in [3.05, 3.63) is 42.0 Å². The summed E-state index contributed by atoms with van der Waals surface area (Å²) in [6.45, 7) is 2.43. The van der Waals surface area contributed by atoms with Gasteiger partial charge < -0.3 is 20.1 Å². The minimum atomic E-state index is -0.929. The van der Waals surface area contributed by atoms with Crippen LogP contribution in [0.5, 0.6) is 0 Å². The Hall–Kier alpha value is -3.27. The summed E-state index contributed by atoms with van der Waals surface area (Å²) in [5.74, 6) is -0.394. The zero-order valence-electron chi connectivity index (χ0n) is 14.4. The maximum atomic E-state index is 14.8. The first-order chi connectivity index (χ1) is 13.0. The molecule has 1 amide bonds. The summed E-state index contributed by atoms with van der Waals surface area (Å²) >= 11 is 0. The fraction of sp³-hybridized carbons (Fsp3) is 0.294. The Labute approximate surface area is 154 Å². The number of anilines is 1. The second-order valence-corrected chi connectivity index (χ2v) is 5.75. The van der Waals surface area contributed by atoms with Crippen molar-refractivity contribution in [3.63, 3.8) is 0 Å². The van der Waals surface area contributed by atoms with E-state index in [2.05, 4.69) is 14.9 Å². The number of aromatic nitrogens is 2. The van der Waals surface area contributed by atoms with Gasteiger partial charge in [-0.2, -0.15) is 0 Å². The Morgan fingerprint density at radius 2 is 2.11 bits per heavy atom. The average molecular weight is 374 g/mol. The van der Waals surface area contributed by atoms with Crippen LogP contribution in [-0.2, 0) is 16.1 Å². The van der Waals surface area contributed by atoms with Crippen LogP contribution >= 0.6 is 0 Å². The summed E-state index contributed by atoms with van der Waals surface area (Å²) in [6, 6.07) is 4.71. The Bertz CT molecular complexity index is 824. The second-order valence-electron chi connectivity index (χ2n) is 5.75. The fourth-order valence-electron chi connectivity index (χ4n) is 2.59. The van der Waals surface area contributed by atoms with E-state index < -0.39 is 17.9 Å². The van der Waals surface area contributed by atoms with Crippen molar-refractivity contribution in [1.29, 1.82) is 5.41 Å². The van der Waals surface area contributed by atoms with E-state index in [1.54, 1.807) is 18.3 Å². The number of halogens is 1. The van der Waals surface area contributed by atoms with E-state index in [0.29, 0.717) is 24.7 Å². The van der Waals surface area contributed by atoms with Gasteiger partial charge in [-0.3, -0.25) is 15.7 Å². The number of ether oxygens (including phenoxy) is 2. The van der Waals surface area contributed by atoms with Crippen molar-refractivity contribution in [3.8, 4) is 11.3 Å². The maximum Gasteiger partial charge on any atom is 0.414 e. The first-order valence-corrected chi connectivity index (χ1v) is 8.25.